The van der Waals surface area contributed by atoms with E-state index >= 15 is 0 Å². The molecule has 0 fully saturated rings. The van der Waals surface area contributed by atoms with E-state index in [2.05, 4.69) is 26.9 Å². The maximum Gasteiger partial charge on any atom is 0.251 e. The molecule has 4 rings (SSSR count). The van der Waals surface area contributed by atoms with Crippen LogP contribution >= 0.6 is 23.1 Å². The summed E-state index contributed by atoms with van der Waals surface area (Å²) in [4.78, 5) is 27.0. The third-order valence-corrected chi connectivity index (χ3v) is 8.69. The highest BCUT2D eigenvalue weighted by atomic mass is 32.2. The zero-order chi connectivity index (χ0) is 27.2. The molecule has 0 bridgehead atoms. The number of ether oxygens (including phenoxy) is 1. The average molecular weight is 553 g/mol. The highest BCUT2D eigenvalue weighted by molar-refractivity contribution is 7.99. The quantitative estimate of drug-likeness (QED) is 0.340. The van der Waals surface area contributed by atoms with E-state index in [0.717, 1.165) is 31.2 Å². The molecule has 0 unspecified atom stereocenters. The first-order chi connectivity index (χ1) is 18.4. The number of aromatic nitrogens is 3. The minimum Gasteiger partial charge on any atom is -0.497 e. The van der Waals surface area contributed by atoms with Gasteiger partial charge in [-0.1, -0.05) is 25.6 Å². The number of methoxy groups -OCH3 is 1. The highest BCUT2D eigenvalue weighted by Gasteiger charge is 2.27. The summed E-state index contributed by atoms with van der Waals surface area (Å²) in [6.07, 6.45) is 4.06. The summed E-state index contributed by atoms with van der Waals surface area (Å²) in [5.41, 5.74) is 2.23. The second-order valence-corrected chi connectivity index (χ2v) is 11.4. The molecule has 3 aromatic rings. The number of fused-ring (bicyclic) bond motifs is 1. The van der Waals surface area contributed by atoms with Crippen LogP contribution in [-0.2, 0) is 24.2 Å². The van der Waals surface area contributed by atoms with Crippen molar-refractivity contribution >= 4 is 39.9 Å². The second kappa shape index (κ2) is 12.5. The number of thiophene rings is 1. The Morgan fingerprint density at radius 2 is 1.95 bits per heavy atom. The fraction of sp³-hybridized carbons (Fsp3) is 0.444. The maximum atomic E-state index is 13.0. The van der Waals surface area contributed by atoms with E-state index in [0.29, 0.717) is 39.4 Å². The van der Waals surface area contributed by atoms with Crippen LogP contribution < -0.4 is 15.4 Å². The molecule has 11 heteroatoms. The third kappa shape index (κ3) is 6.03. The van der Waals surface area contributed by atoms with Crippen LogP contribution in [0.5, 0.6) is 5.75 Å². The van der Waals surface area contributed by atoms with Crippen molar-refractivity contribution in [3.05, 3.63) is 51.7 Å². The normalized spacial score (nSPS) is 13.5. The predicted octanol–water partition coefficient (Wildman–Crippen LogP) is 4.98. The van der Waals surface area contributed by atoms with Crippen molar-refractivity contribution < 1.29 is 14.3 Å². The van der Waals surface area contributed by atoms with Gasteiger partial charge in [-0.3, -0.25) is 9.59 Å². The minimum absolute atomic E-state index is 0.0575. The molecular weight excluding hydrogens is 520 g/mol. The number of nitrogens with zero attached hydrogens (tertiary/aromatic N) is 4. The Labute approximate surface area is 231 Å². The molecule has 1 aromatic carbocycles. The Bertz CT molecular complexity index is 1340. The van der Waals surface area contributed by atoms with Crippen LogP contribution in [0, 0.1) is 17.2 Å². The average Bonchev–Trinajstić information content (AvgIpc) is 3.50. The zero-order valence-corrected chi connectivity index (χ0v) is 23.7. The number of carbonyl (C=O) groups excluding carboxylic acids is 2. The molecule has 9 nitrogen and oxygen atoms in total. The van der Waals surface area contributed by atoms with E-state index in [4.69, 9.17) is 4.74 Å². The molecule has 2 N–H and O–H groups in total. The van der Waals surface area contributed by atoms with E-state index in [1.807, 2.05) is 25.3 Å². The number of carbonyl (C=O) groups is 2. The standard InChI is InChI=1S/C27H32N6O3S2/c1-5-33-24(23(16(2)3)30-25(35)17-10-12-18(36-4)13-11-17)31-32-27(33)37-15-22(34)29-26-20(14-28)19-8-6-7-9-21(19)38-26/h10-13,16,23H,5-9,15H2,1-4H3,(H,29,34)(H,30,35)/t23-/m0/s1. The van der Waals surface area contributed by atoms with Crippen molar-refractivity contribution in [2.24, 2.45) is 5.92 Å². The molecule has 2 aromatic heterocycles. The van der Waals surface area contributed by atoms with Crippen LogP contribution in [0.2, 0.25) is 0 Å². The molecule has 200 valence electrons. The predicted molar refractivity (Wildman–Crippen MR) is 149 cm³/mol. The number of nitriles is 1. The number of nitrogens with one attached hydrogen (secondary N) is 2. The molecule has 1 atom stereocenters. The first-order valence-corrected chi connectivity index (χ1v) is 14.5. The van der Waals surface area contributed by atoms with Crippen LogP contribution in [-0.4, -0.2) is 39.4 Å². The van der Waals surface area contributed by atoms with Gasteiger partial charge in [-0.05, 0) is 68.4 Å². The van der Waals surface area contributed by atoms with Gasteiger partial charge in [0.2, 0.25) is 5.91 Å². The van der Waals surface area contributed by atoms with Crippen LogP contribution in [0.1, 0.15) is 71.8 Å². The van der Waals surface area contributed by atoms with Crippen molar-refractivity contribution in [1.82, 2.24) is 20.1 Å². The number of aryl methyl sites for hydroxylation is 1. The lowest BCUT2D eigenvalue weighted by molar-refractivity contribution is -0.113. The summed E-state index contributed by atoms with van der Waals surface area (Å²) in [7, 11) is 1.58. The topological polar surface area (TPSA) is 122 Å². The van der Waals surface area contributed by atoms with Gasteiger partial charge in [0.1, 0.15) is 16.8 Å². The van der Waals surface area contributed by atoms with Crippen LogP contribution in [0.3, 0.4) is 0 Å². The summed E-state index contributed by atoms with van der Waals surface area (Å²) >= 11 is 2.81. The van der Waals surface area contributed by atoms with E-state index in [9.17, 15) is 14.9 Å². The SMILES string of the molecule is CCn1c(SCC(=O)Nc2sc3c(c2C#N)CCCC3)nnc1[C@@H](NC(=O)c1ccc(OC)cc1)C(C)C. The van der Waals surface area contributed by atoms with Gasteiger partial charge in [-0.2, -0.15) is 5.26 Å². The fourth-order valence-corrected chi connectivity index (χ4v) is 6.56. The van der Waals surface area contributed by atoms with Crippen LogP contribution in [0.15, 0.2) is 29.4 Å². The van der Waals surface area contributed by atoms with Gasteiger partial charge in [0.15, 0.2) is 11.0 Å². The number of hydrogen-bond donors (Lipinski definition) is 2. The van der Waals surface area contributed by atoms with E-state index in [1.54, 1.807) is 31.4 Å². The minimum atomic E-state index is -0.365. The summed E-state index contributed by atoms with van der Waals surface area (Å²) in [5.74, 6) is 1.12. The molecule has 0 saturated heterocycles. The van der Waals surface area contributed by atoms with Gasteiger partial charge in [0.25, 0.3) is 5.91 Å². The molecule has 38 heavy (non-hydrogen) atoms. The van der Waals surface area contributed by atoms with Gasteiger partial charge in [0.05, 0.1) is 24.5 Å². The Kier molecular flexibility index (Phi) is 9.07. The molecular formula is C27H32N6O3S2. The number of benzene rings is 1. The van der Waals surface area contributed by atoms with Crippen molar-refractivity contribution in [3.63, 3.8) is 0 Å². The number of amides is 2. The van der Waals surface area contributed by atoms with Crippen molar-refractivity contribution in [1.29, 1.82) is 5.26 Å². The maximum absolute atomic E-state index is 13.0. The third-order valence-electron chi connectivity index (χ3n) is 6.51. The molecule has 2 heterocycles. The molecule has 0 aliphatic heterocycles. The Balaban J connectivity index is 1.44. The van der Waals surface area contributed by atoms with Crippen molar-refractivity contribution in [3.8, 4) is 11.8 Å². The summed E-state index contributed by atoms with van der Waals surface area (Å²) in [6.45, 7) is 6.60. The van der Waals surface area contributed by atoms with Crippen molar-refractivity contribution in [2.45, 2.75) is 64.2 Å². The highest BCUT2D eigenvalue weighted by Crippen LogP contribution is 2.37. The first-order valence-electron chi connectivity index (χ1n) is 12.7. The van der Waals surface area contributed by atoms with E-state index in [-0.39, 0.29) is 29.5 Å². The van der Waals surface area contributed by atoms with Gasteiger partial charge < -0.3 is 19.9 Å². The first kappa shape index (κ1) is 27.7. The van der Waals surface area contributed by atoms with Crippen LogP contribution in [0.4, 0.5) is 5.00 Å². The second-order valence-electron chi connectivity index (χ2n) is 9.37. The zero-order valence-electron chi connectivity index (χ0n) is 22.0. The molecule has 0 saturated carbocycles. The van der Waals surface area contributed by atoms with E-state index in [1.165, 1.54) is 28.0 Å². The monoisotopic (exact) mass is 552 g/mol. The molecule has 1 aliphatic carbocycles. The number of anilines is 1. The Hall–Kier alpha value is -3.36. The van der Waals surface area contributed by atoms with Crippen molar-refractivity contribution in [2.75, 3.05) is 18.2 Å². The van der Waals surface area contributed by atoms with Gasteiger partial charge >= 0.3 is 0 Å². The molecule has 1 aliphatic rings. The number of thioether (sulfide) groups is 1. The molecule has 2 amide bonds. The lowest BCUT2D eigenvalue weighted by atomic mass is 9.96. The summed E-state index contributed by atoms with van der Waals surface area (Å²) in [6, 6.07) is 8.85. The smallest absolute Gasteiger partial charge is 0.251 e. The van der Waals surface area contributed by atoms with Gasteiger partial charge in [0, 0.05) is 17.0 Å². The Morgan fingerprint density at radius 3 is 2.61 bits per heavy atom. The summed E-state index contributed by atoms with van der Waals surface area (Å²) < 4.78 is 7.11. The van der Waals surface area contributed by atoms with Gasteiger partial charge in [-0.15, -0.1) is 21.5 Å². The molecule has 0 radical (unpaired) electrons. The fourth-order valence-electron chi connectivity index (χ4n) is 4.50. The number of hydrogen-bond acceptors (Lipinski definition) is 8. The van der Waals surface area contributed by atoms with Crippen LogP contribution in [0.25, 0.3) is 0 Å². The van der Waals surface area contributed by atoms with Gasteiger partial charge in [-0.25, -0.2) is 0 Å². The molecule has 0 spiro atoms. The largest absolute Gasteiger partial charge is 0.497 e. The Morgan fingerprint density at radius 1 is 1.21 bits per heavy atom. The lowest BCUT2D eigenvalue weighted by Gasteiger charge is -2.22. The van der Waals surface area contributed by atoms with E-state index < -0.39 is 0 Å². The summed E-state index contributed by atoms with van der Waals surface area (Å²) in [5, 5.41) is 25.7. The number of rotatable bonds is 10. The lowest BCUT2D eigenvalue weighted by Crippen LogP contribution is -2.33.